The van der Waals surface area contributed by atoms with E-state index >= 15 is 0 Å². The van der Waals surface area contributed by atoms with Gasteiger partial charge in [-0.1, -0.05) is 30.0 Å². The second-order valence-electron chi connectivity index (χ2n) is 2.97. The van der Waals surface area contributed by atoms with Crippen molar-refractivity contribution in [3.8, 4) is 0 Å². The van der Waals surface area contributed by atoms with Gasteiger partial charge in [-0.2, -0.15) is 0 Å². The highest BCUT2D eigenvalue weighted by atomic mass is 32.2. The Morgan fingerprint density at radius 1 is 1.20 bits per heavy atom. The van der Waals surface area contributed by atoms with E-state index in [2.05, 4.69) is 11.4 Å². The van der Waals surface area contributed by atoms with Gasteiger partial charge in [-0.3, -0.25) is 5.41 Å². The summed E-state index contributed by atoms with van der Waals surface area (Å²) in [4.78, 5) is 1.17. The highest BCUT2D eigenvalue weighted by Gasteiger charge is 1.99. The third-order valence-corrected chi connectivity index (χ3v) is 3.92. The molecule has 1 aromatic carbocycles. The molecule has 4 heteroatoms. The summed E-state index contributed by atoms with van der Waals surface area (Å²) in [5, 5.41) is 9.34. The van der Waals surface area contributed by atoms with Gasteiger partial charge in [-0.05, 0) is 23.6 Å². The molecule has 0 saturated heterocycles. The van der Waals surface area contributed by atoms with Crippen LogP contribution >= 0.6 is 23.1 Å². The smallest absolute Gasteiger partial charge is 0.122 e. The van der Waals surface area contributed by atoms with Crippen LogP contribution in [0.2, 0.25) is 0 Å². The van der Waals surface area contributed by atoms with Crippen LogP contribution < -0.4 is 5.73 Å². The molecule has 0 amide bonds. The van der Waals surface area contributed by atoms with Crippen LogP contribution in [0.15, 0.2) is 50.9 Å². The van der Waals surface area contributed by atoms with Crippen LogP contribution in [0.25, 0.3) is 0 Å². The number of rotatable bonds is 3. The third-order valence-electron chi connectivity index (χ3n) is 1.88. The molecule has 3 N–H and O–H groups in total. The minimum atomic E-state index is 0.114. The van der Waals surface area contributed by atoms with Crippen molar-refractivity contribution in [2.75, 3.05) is 0 Å². The topological polar surface area (TPSA) is 49.9 Å². The summed E-state index contributed by atoms with van der Waals surface area (Å²) in [6.07, 6.45) is 0. The van der Waals surface area contributed by atoms with Gasteiger partial charge in [-0.25, -0.2) is 0 Å². The third kappa shape index (κ3) is 2.61. The molecule has 2 aromatic rings. The average molecular weight is 234 g/mol. The SMILES string of the molecule is N=C(N)c1ccc(Sc2cccs2)cc1. The van der Waals surface area contributed by atoms with Gasteiger partial charge in [-0.15, -0.1) is 11.3 Å². The molecule has 0 unspecified atom stereocenters. The van der Waals surface area contributed by atoms with Gasteiger partial charge in [0.1, 0.15) is 5.84 Å². The van der Waals surface area contributed by atoms with Crippen LogP contribution in [0.4, 0.5) is 0 Å². The molecular weight excluding hydrogens is 224 g/mol. The van der Waals surface area contributed by atoms with E-state index in [4.69, 9.17) is 11.1 Å². The lowest BCUT2D eigenvalue weighted by molar-refractivity contribution is 1.38. The van der Waals surface area contributed by atoms with Crippen molar-refractivity contribution in [3.63, 3.8) is 0 Å². The first-order chi connectivity index (χ1) is 7.25. The van der Waals surface area contributed by atoms with Gasteiger partial charge in [0.15, 0.2) is 0 Å². The van der Waals surface area contributed by atoms with Gasteiger partial charge in [0.2, 0.25) is 0 Å². The van der Waals surface area contributed by atoms with E-state index in [9.17, 15) is 0 Å². The molecule has 0 radical (unpaired) electrons. The first-order valence-electron chi connectivity index (χ1n) is 4.41. The van der Waals surface area contributed by atoms with Crippen molar-refractivity contribution in [1.82, 2.24) is 0 Å². The van der Waals surface area contributed by atoms with E-state index in [-0.39, 0.29) is 5.84 Å². The molecule has 0 aliphatic heterocycles. The molecule has 0 fully saturated rings. The molecule has 76 valence electrons. The van der Waals surface area contributed by atoms with Crippen LogP contribution in [0.5, 0.6) is 0 Å². The van der Waals surface area contributed by atoms with Gasteiger partial charge in [0.05, 0.1) is 4.21 Å². The van der Waals surface area contributed by atoms with Gasteiger partial charge in [0.25, 0.3) is 0 Å². The number of hydrogen-bond acceptors (Lipinski definition) is 3. The number of thiophene rings is 1. The zero-order valence-corrected chi connectivity index (χ0v) is 9.57. The van der Waals surface area contributed by atoms with Crippen LogP contribution in [0.1, 0.15) is 5.56 Å². The molecule has 1 heterocycles. The molecule has 0 aliphatic rings. The number of benzene rings is 1. The summed E-state index contributed by atoms with van der Waals surface area (Å²) in [5.74, 6) is 0.114. The average Bonchev–Trinajstić information content (AvgIpc) is 2.71. The predicted molar refractivity (Wildman–Crippen MR) is 65.9 cm³/mol. The Morgan fingerprint density at radius 3 is 2.47 bits per heavy atom. The summed E-state index contributed by atoms with van der Waals surface area (Å²) < 4.78 is 1.27. The van der Waals surface area contributed by atoms with E-state index in [1.807, 2.05) is 30.3 Å². The van der Waals surface area contributed by atoms with Crippen molar-refractivity contribution < 1.29 is 0 Å². The van der Waals surface area contributed by atoms with Gasteiger partial charge >= 0.3 is 0 Å². The van der Waals surface area contributed by atoms with Gasteiger partial charge < -0.3 is 5.73 Å². The zero-order valence-electron chi connectivity index (χ0n) is 7.94. The van der Waals surface area contributed by atoms with E-state index < -0.39 is 0 Å². The zero-order chi connectivity index (χ0) is 10.7. The van der Waals surface area contributed by atoms with Gasteiger partial charge in [0, 0.05) is 10.5 Å². The minimum absolute atomic E-state index is 0.114. The number of nitrogen functional groups attached to an aromatic ring is 1. The first kappa shape index (κ1) is 10.3. The fourth-order valence-corrected chi connectivity index (χ4v) is 2.89. The van der Waals surface area contributed by atoms with Crippen molar-refractivity contribution in [3.05, 3.63) is 47.3 Å². The predicted octanol–water partition coefficient (Wildman–Crippen LogP) is 3.18. The van der Waals surface area contributed by atoms with Crippen LogP contribution in [0, 0.1) is 5.41 Å². The molecular formula is C11H10N2S2. The molecule has 2 rings (SSSR count). The lowest BCUT2D eigenvalue weighted by Gasteiger charge is -2.00. The summed E-state index contributed by atoms with van der Waals surface area (Å²) in [5.41, 5.74) is 6.15. The van der Waals surface area contributed by atoms with Crippen molar-refractivity contribution in [2.24, 2.45) is 5.73 Å². The van der Waals surface area contributed by atoms with Crippen LogP contribution in [-0.4, -0.2) is 5.84 Å². The second kappa shape index (κ2) is 4.51. The Balaban J connectivity index is 2.14. The molecule has 0 saturated carbocycles. The van der Waals surface area contributed by atoms with Crippen LogP contribution in [-0.2, 0) is 0 Å². The molecule has 0 bridgehead atoms. The quantitative estimate of drug-likeness (QED) is 0.633. The Kier molecular flexibility index (Phi) is 3.08. The van der Waals surface area contributed by atoms with Crippen molar-refractivity contribution >= 4 is 28.9 Å². The Labute approximate surface area is 96.6 Å². The molecule has 0 spiro atoms. The molecule has 1 aromatic heterocycles. The van der Waals surface area contributed by atoms with E-state index in [1.54, 1.807) is 23.1 Å². The summed E-state index contributed by atoms with van der Waals surface area (Å²) in [6.45, 7) is 0. The standard InChI is InChI=1S/C11H10N2S2/c12-11(13)8-3-5-9(6-4-8)15-10-2-1-7-14-10/h1-7H,(H3,12,13). The van der Waals surface area contributed by atoms with E-state index in [0.717, 1.165) is 5.56 Å². The van der Waals surface area contributed by atoms with Crippen LogP contribution in [0.3, 0.4) is 0 Å². The number of nitrogens with one attached hydrogen (secondary N) is 1. The second-order valence-corrected chi connectivity index (χ2v) is 5.29. The Morgan fingerprint density at radius 2 is 1.93 bits per heavy atom. The lowest BCUT2D eigenvalue weighted by Crippen LogP contribution is -2.10. The highest BCUT2D eigenvalue weighted by molar-refractivity contribution is 8.01. The monoisotopic (exact) mass is 234 g/mol. The maximum Gasteiger partial charge on any atom is 0.122 e. The number of amidine groups is 1. The largest absolute Gasteiger partial charge is 0.384 e. The summed E-state index contributed by atoms with van der Waals surface area (Å²) in [7, 11) is 0. The molecule has 2 nitrogen and oxygen atoms in total. The first-order valence-corrected chi connectivity index (χ1v) is 6.11. The maximum absolute atomic E-state index is 7.28. The Hall–Kier alpha value is -1.26. The highest BCUT2D eigenvalue weighted by Crippen LogP contribution is 2.31. The maximum atomic E-state index is 7.28. The summed E-state index contributed by atoms with van der Waals surface area (Å²) >= 11 is 3.45. The summed E-state index contributed by atoms with van der Waals surface area (Å²) in [6, 6.07) is 11.9. The fraction of sp³-hybridized carbons (Fsp3) is 0. The van der Waals surface area contributed by atoms with Crippen molar-refractivity contribution in [1.29, 1.82) is 5.41 Å². The minimum Gasteiger partial charge on any atom is -0.384 e. The van der Waals surface area contributed by atoms with E-state index in [0.29, 0.717) is 0 Å². The van der Waals surface area contributed by atoms with Crippen molar-refractivity contribution in [2.45, 2.75) is 9.10 Å². The normalized spacial score (nSPS) is 10.1. The molecule has 0 aliphatic carbocycles. The fourth-order valence-electron chi connectivity index (χ4n) is 1.14. The molecule has 15 heavy (non-hydrogen) atoms. The van der Waals surface area contributed by atoms with E-state index in [1.165, 1.54) is 9.10 Å². The molecule has 0 atom stereocenters. The number of nitrogens with two attached hydrogens (primary N) is 1. The lowest BCUT2D eigenvalue weighted by atomic mass is 10.2. The number of hydrogen-bond donors (Lipinski definition) is 2. The Bertz CT molecular complexity index is 446.